The highest BCUT2D eigenvalue weighted by Gasteiger charge is 2.15. The van der Waals surface area contributed by atoms with Gasteiger partial charge in [-0.15, -0.1) is 0 Å². The van der Waals surface area contributed by atoms with E-state index in [1.807, 2.05) is 19.1 Å². The topological polar surface area (TPSA) is 44.5 Å². The molecular weight excluding hydrogens is 226 g/mol. The molecule has 3 nitrogen and oxygen atoms in total. The summed E-state index contributed by atoms with van der Waals surface area (Å²) < 4.78 is 11.5. The van der Waals surface area contributed by atoms with Crippen LogP contribution in [0.4, 0.5) is 0 Å². The summed E-state index contributed by atoms with van der Waals surface area (Å²) in [6, 6.07) is 6.22. The first-order chi connectivity index (χ1) is 8.66. The standard InChI is InChI=1S/C15H23NO2/c1-11-9-13(12(2)16)6-7-15(11)18-10-14-5-3-4-8-17-14/h6-7,9,12,14H,3-5,8,10,16H2,1-2H3. The van der Waals surface area contributed by atoms with Crippen molar-refractivity contribution in [1.29, 1.82) is 0 Å². The minimum absolute atomic E-state index is 0.0689. The molecule has 3 heteroatoms. The van der Waals surface area contributed by atoms with Gasteiger partial charge in [0.15, 0.2) is 0 Å². The molecule has 0 spiro atoms. The van der Waals surface area contributed by atoms with E-state index in [4.69, 9.17) is 15.2 Å². The van der Waals surface area contributed by atoms with Crippen molar-refractivity contribution in [3.8, 4) is 5.75 Å². The summed E-state index contributed by atoms with van der Waals surface area (Å²) in [4.78, 5) is 0. The third-order valence-corrected chi connectivity index (χ3v) is 3.42. The average Bonchev–Trinajstić information content (AvgIpc) is 2.38. The fraction of sp³-hybridized carbons (Fsp3) is 0.600. The predicted molar refractivity (Wildman–Crippen MR) is 72.9 cm³/mol. The lowest BCUT2D eigenvalue weighted by atomic mass is 10.1. The van der Waals surface area contributed by atoms with E-state index in [0.717, 1.165) is 29.9 Å². The van der Waals surface area contributed by atoms with Gasteiger partial charge in [-0.1, -0.05) is 12.1 Å². The van der Waals surface area contributed by atoms with Crippen LogP contribution in [0.15, 0.2) is 18.2 Å². The molecule has 0 bridgehead atoms. The van der Waals surface area contributed by atoms with Crippen LogP contribution in [0.2, 0.25) is 0 Å². The Morgan fingerprint density at radius 2 is 2.28 bits per heavy atom. The van der Waals surface area contributed by atoms with Gasteiger partial charge in [0.1, 0.15) is 12.4 Å². The molecule has 2 atom stereocenters. The molecule has 2 N–H and O–H groups in total. The molecule has 1 aromatic carbocycles. The van der Waals surface area contributed by atoms with E-state index in [1.165, 1.54) is 12.8 Å². The Morgan fingerprint density at radius 1 is 1.44 bits per heavy atom. The van der Waals surface area contributed by atoms with Gasteiger partial charge in [0.05, 0.1) is 6.10 Å². The third-order valence-electron chi connectivity index (χ3n) is 3.42. The summed E-state index contributed by atoms with van der Waals surface area (Å²) in [5.41, 5.74) is 8.15. The van der Waals surface area contributed by atoms with Crippen molar-refractivity contribution < 1.29 is 9.47 Å². The third kappa shape index (κ3) is 3.47. The Balaban J connectivity index is 1.92. The van der Waals surface area contributed by atoms with Crippen molar-refractivity contribution in [2.45, 2.75) is 45.3 Å². The molecule has 0 amide bonds. The second-order valence-corrected chi connectivity index (χ2v) is 5.11. The minimum Gasteiger partial charge on any atom is -0.491 e. The molecule has 1 aliphatic rings. The maximum atomic E-state index is 5.86. The van der Waals surface area contributed by atoms with Crippen LogP contribution in [-0.2, 0) is 4.74 Å². The highest BCUT2D eigenvalue weighted by atomic mass is 16.5. The Labute approximate surface area is 109 Å². The van der Waals surface area contributed by atoms with E-state index in [9.17, 15) is 0 Å². The minimum atomic E-state index is 0.0689. The van der Waals surface area contributed by atoms with E-state index < -0.39 is 0 Å². The van der Waals surface area contributed by atoms with E-state index in [2.05, 4.69) is 13.0 Å². The Hall–Kier alpha value is -1.06. The van der Waals surface area contributed by atoms with Crippen LogP contribution < -0.4 is 10.5 Å². The lowest BCUT2D eigenvalue weighted by Gasteiger charge is -2.23. The number of hydrogen-bond acceptors (Lipinski definition) is 3. The lowest BCUT2D eigenvalue weighted by Crippen LogP contribution is -2.25. The van der Waals surface area contributed by atoms with Crippen molar-refractivity contribution in [3.05, 3.63) is 29.3 Å². The molecular formula is C15H23NO2. The number of ether oxygens (including phenoxy) is 2. The molecule has 0 aromatic heterocycles. The van der Waals surface area contributed by atoms with Crippen LogP contribution in [0, 0.1) is 6.92 Å². The van der Waals surface area contributed by atoms with E-state index >= 15 is 0 Å². The van der Waals surface area contributed by atoms with Crippen molar-refractivity contribution >= 4 is 0 Å². The molecule has 1 fully saturated rings. The van der Waals surface area contributed by atoms with Gasteiger partial charge in [0.25, 0.3) is 0 Å². The zero-order chi connectivity index (χ0) is 13.0. The second kappa shape index (κ2) is 6.21. The highest BCUT2D eigenvalue weighted by molar-refractivity contribution is 5.37. The second-order valence-electron chi connectivity index (χ2n) is 5.11. The lowest BCUT2D eigenvalue weighted by molar-refractivity contribution is -0.0111. The first-order valence-corrected chi connectivity index (χ1v) is 6.77. The molecule has 1 aliphatic heterocycles. The smallest absolute Gasteiger partial charge is 0.122 e. The van der Waals surface area contributed by atoms with Crippen LogP contribution in [0.5, 0.6) is 5.75 Å². The molecule has 2 unspecified atom stereocenters. The SMILES string of the molecule is Cc1cc(C(C)N)ccc1OCC1CCCCO1. The number of rotatable bonds is 4. The molecule has 0 radical (unpaired) electrons. The van der Waals surface area contributed by atoms with Crippen molar-refractivity contribution in [3.63, 3.8) is 0 Å². The summed E-state index contributed by atoms with van der Waals surface area (Å²) in [6.45, 7) is 5.57. The molecule has 1 heterocycles. The van der Waals surface area contributed by atoms with Gasteiger partial charge in [-0.05, 0) is 50.3 Å². The number of benzene rings is 1. The zero-order valence-electron chi connectivity index (χ0n) is 11.3. The zero-order valence-corrected chi connectivity index (χ0v) is 11.3. The summed E-state index contributed by atoms with van der Waals surface area (Å²) in [5, 5.41) is 0. The van der Waals surface area contributed by atoms with Gasteiger partial charge in [0.2, 0.25) is 0 Å². The Morgan fingerprint density at radius 3 is 2.89 bits per heavy atom. The average molecular weight is 249 g/mol. The first kappa shape index (κ1) is 13.4. The number of nitrogens with two attached hydrogens (primary N) is 1. The van der Waals surface area contributed by atoms with E-state index in [-0.39, 0.29) is 12.1 Å². The summed E-state index contributed by atoms with van der Waals surface area (Å²) >= 11 is 0. The quantitative estimate of drug-likeness (QED) is 0.892. The Bertz CT molecular complexity index is 384. The summed E-state index contributed by atoms with van der Waals surface area (Å²) in [5.74, 6) is 0.938. The fourth-order valence-corrected chi connectivity index (χ4v) is 2.24. The van der Waals surface area contributed by atoms with Gasteiger partial charge in [0, 0.05) is 12.6 Å². The summed E-state index contributed by atoms with van der Waals surface area (Å²) in [6.07, 6.45) is 3.79. The normalized spacial score (nSPS) is 21.6. The highest BCUT2D eigenvalue weighted by Crippen LogP contribution is 2.23. The van der Waals surface area contributed by atoms with Gasteiger partial charge < -0.3 is 15.2 Å². The first-order valence-electron chi connectivity index (χ1n) is 6.77. The van der Waals surface area contributed by atoms with Crippen LogP contribution in [-0.4, -0.2) is 19.3 Å². The molecule has 0 aliphatic carbocycles. The Kier molecular flexibility index (Phi) is 4.61. The van der Waals surface area contributed by atoms with Crippen LogP contribution in [0.1, 0.15) is 43.4 Å². The van der Waals surface area contributed by atoms with Crippen molar-refractivity contribution in [1.82, 2.24) is 0 Å². The monoisotopic (exact) mass is 249 g/mol. The molecule has 100 valence electrons. The van der Waals surface area contributed by atoms with Crippen LogP contribution in [0.3, 0.4) is 0 Å². The predicted octanol–water partition coefficient (Wildman–Crippen LogP) is 2.96. The molecule has 1 saturated heterocycles. The number of hydrogen-bond donors (Lipinski definition) is 1. The van der Waals surface area contributed by atoms with Gasteiger partial charge in [-0.2, -0.15) is 0 Å². The van der Waals surface area contributed by atoms with Gasteiger partial charge >= 0.3 is 0 Å². The maximum absolute atomic E-state index is 5.86. The number of aryl methyl sites for hydroxylation is 1. The molecule has 0 saturated carbocycles. The summed E-state index contributed by atoms with van der Waals surface area (Å²) in [7, 11) is 0. The van der Waals surface area contributed by atoms with Crippen molar-refractivity contribution in [2.24, 2.45) is 5.73 Å². The molecule has 2 rings (SSSR count). The molecule has 1 aromatic rings. The fourth-order valence-electron chi connectivity index (χ4n) is 2.24. The van der Waals surface area contributed by atoms with Crippen LogP contribution >= 0.6 is 0 Å². The van der Waals surface area contributed by atoms with E-state index in [1.54, 1.807) is 0 Å². The maximum Gasteiger partial charge on any atom is 0.122 e. The van der Waals surface area contributed by atoms with Crippen LogP contribution in [0.25, 0.3) is 0 Å². The van der Waals surface area contributed by atoms with Gasteiger partial charge in [-0.3, -0.25) is 0 Å². The van der Waals surface area contributed by atoms with Crippen molar-refractivity contribution in [2.75, 3.05) is 13.2 Å². The van der Waals surface area contributed by atoms with Gasteiger partial charge in [-0.25, -0.2) is 0 Å². The van der Waals surface area contributed by atoms with E-state index in [0.29, 0.717) is 6.61 Å². The molecule has 18 heavy (non-hydrogen) atoms. The largest absolute Gasteiger partial charge is 0.491 e.